The van der Waals surface area contributed by atoms with Gasteiger partial charge in [0.2, 0.25) is 6.41 Å². The molecule has 7 nitrogen and oxygen atoms in total. The topological polar surface area (TPSA) is 90.9 Å². The molecule has 204 valence electrons. The van der Waals surface area contributed by atoms with Gasteiger partial charge < -0.3 is 14.7 Å². The monoisotopic (exact) mass is 511 g/mol. The number of aryl methyl sites for hydroxylation is 1. The van der Waals surface area contributed by atoms with E-state index in [9.17, 15) is 14.7 Å². The van der Waals surface area contributed by atoms with E-state index in [0.717, 1.165) is 68.3 Å². The predicted molar refractivity (Wildman–Crippen MR) is 151 cm³/mol. The smallest absolute Gasteiger partial charge is 0.293 e. The molecule has 0 radical (unpaired) electrons. The van der Waals surface area contributed by atoms with Crippen LogP contribution in [0.1, 0.15) is 76.8 Å². The van der Waals surface area contributed by atoms with E-state index in [1.807, 2.05) is 12.1 Å². The van der Waals surface area contributed by atoms with Crippen molar-refractivity contribution in [3.05, 3.63) is 47.5 Å². The number of ether oxygens (including phenoxy) is 1. The molecule has 2 rings (SSSR count). The Balaban J connectivity index is 2.19. The van der Waals surface area contributed by atoms with E-state index in [2.05, 4.69) is 74.8 Å². The molecule has 0 aliphatic heterocycles. The average molecular weight is 512 g/mol. The van der Waals surface area contributed by atoms with Gasteiger partial charge in [0.15, 0.2) is 0 Å². The first-order valence-electron chi connectivity index (χ1n) is 13.4. The lowest BCUT2D eigenvalue weighted by atomic mass is 9.80. The normalized spacial score (nSPS) is 12.1. The molecule has 37 heavy (non-hydrogen) atoms. The molecule has 1 atom stereocenters. The van der Waals surface area contributed by atoms with Crippen LogP contribution in [0.15, 0.2) is 36.4 Å². The van der Waals surface area contributed by atoms with Crippen LogP contribution < -0.4 is 15.8 Å². The maximum atomic E-state index is 10.7. The molecule has 2 aromatic carbocycles. The first-order valence-corrected chi connectivity index (χ1v) is 13.4. The fraction of sp³-hybridized carbons (Fsp3) is 0.533. The Labute approximate surface area is 222 Å². The summed E-state index contributed by atoms with van der Waals surface area (Å²) in [5.74, 6) is 0.537. The van der Waals surface area contributed by atoms with Crippen LogP contribution in [-0.2, 0) is 20.7 Å². The molecule has 0 saturated heterocycles. The zero-order valence-corrected chi connectivity index (χ0v) is 23.2. The number of aromatic hydroxyl groups is 1. The SMILES string of the molecule is CCN(C)c1ccc(-c2cc(O)cc(CCCCCCNNC=O)c2)cc1C(C)CC(C)(C)COC=O. The lowest BCUT2D eigenvalue weighted by Crippen LogP contribution is -2.30. The van der Waals surface area contributed by atoms with Crippen LogP contribution in [0.25, 0.3) is 11.1 Å². The molecule has 1 unspecified atom stereocenters. The highest BCUT2D eigenvalue weighted by Gasteiger charge is 2.25. The van der Waals surface area contributed by atoms with Gasteiger partial charge in [-0.3, -0.25) is 15.0 Å². The fourth-order valence-electron chi connectivity index (χ4n) is 4.90. The molecular formula is C30H45N3O4. The summed E-state index contributed by atoms with van der Waals surface area (Å²) in [6, 6.07) is 12.4. The molecule has 0 aliphatic rings. The van der Waals surface area contributed by atoms with Crippen molar-refractivity contribution in [3.8, 4) is 16.9 Å². The number of phenols is 1. The number of unbranched alkanes of at least 4 members (excludes halogenated alkanes) is 3. The molecular weight excluding hydrogens is 466 g/mol. The molecule has 3 N–H and O–H groups in total. The number of hydrogen-bond donors (Lipinski definition) is 3. The van der Waals surface area contributed by atoms with Gasteiger partial charge in [-0.05, 0) is 90.5 Å². The van der Waals surface area contributed by atoms with Crippen molar-refractivity contribution < 1.29 is 19.4 Å². The van der Waals surface area contributed by atoms with Gasteiger partial charge in [0, 0.05) is 25.8 Å². The first-order chi connectivity index (χ1) is 17.7. The number of nitrogens with zero attached hydrogens (tertiary/aromatic N) is 1. The van der Waals surface area contributed by atoms with Crippen molar-refractivity contribution >= 4 is 18.6 Å². The van der Waals surface area contributed by atoms with Crippen LogP contribution in [0.2, 0.25) is 0 Å². The minimum atomic E-state index is -0.141. The predicted octanol–water partition coefficient (Wildman–Crippen LogP) is 5.56. The molecule has 0 spiro atoms. The van der Waals surface area contributed by atoms with Crippen molar-refractivity contribution in [3.63, 3.8) is 0 Å². The van der Waals surface area contributed by atoms with Crippen LogP contribution >= 0.6 is 0 Å². The second-order valence-electron chi connectivity index (χ2n) is 10.7. The van der Waals surface area contributed by atoms with Gasteiger partial charge in [-0.25, -0.2) is 5.43 Å². The van der Waals surface area contributed by atoms with Crippen LogP contribution in [0.4, 0.5) is 5.69 Å². The number of benzene rings is 2. The minimum Gasteiger partial charge on any atom is -0.508 e. The summed E-state index contributed by atoms with van der Waals surface area (Å²) >= 11 is 0. The van der Waals surface area contributed by atoms with E-state index in [0.29, 0.717) is 19.5 Å². The molecule has 0 saturated carbocycles. The third-order valence-corrected chi connectivity index (χ3v) is 6.83. The van der Waals surface area contributed by atoms with Crippen molar-refractivity contribution in [2.75, 3.05) is 31.6 Å². The van der Waals surface area contributed by atoms with Gasteiger partial charge in [0.05, 0.1) is 6.61 Å². The lowest BCUT2D eigenvalue weighted by Gasteiger charge is -2.30. The molecule has 0 aromatic heterocycles. The number of rotatable bonds is 18. The van der Waals surface area contributed by atoms with Crippen molar-refractivity contribution in [2.45, 2.75) is 72.1 Å². The fourth-order valence-corrected chi connectivity index (χ4v) is 4.90. The van der Waals surface area contributed by atoms with Crippen LogP contribution in [0.3, 0.4) is 0 Å². The maximum absolute atomic E-state index is 10.7. The van der Waals surface area contributed by atoms with E-state index < -0.39 is 0 Å². The molecule has 2 aromatic rings. The number of hydrogen-bond acceptors (Lipinski definition) is 6. The molecule has 7 heteroatoms. The standard InChI is InChI=1S/C30H45N3O4/c1-6-33(5)29-13-12-25(18-28(29)23(2)19-30(3,4)20-37-22-35)26-15-24(16-27(36)17-26)11-9-7-8-10-14-31-32-21-34/h12-13,15-18,21-23,31,36H,6-11,14,19-20H2,1-5H3,(H,32,34). The number of amides is 1. The van der Waals surface area contributed by atoms with Gasteiger partial charge in [-0.1, -0.05) is 45.7 Å². The number of hydrazine groups is 1. The zero-order valence-electron chi connectivity index (χ0n) is 23.2. The van der Waals surface area contributed by atoms with Crippen molar-refractivity contribution in [2.24, 2.45) is 5.41 Å². The lowest BCUT2D eigenvalue weighted by molar-refractivity contribution is -0.131. The van der Waals surface area contributed by atoms with Gasteiger partial charge in [-0.15, -0.1) is 0 Å². The van der Waals surface area contributed by atoms with Gasteiger partial charge in [0.1, 0.15) is 5.75 Å². The third kappa shape index (κ3) is 10.1. The first kappa shape index (κ1) is 30.2. The second kappa shape index (κ2) is 15.3. The van der Waals surface area contributed by atoms with Crippen LogP contribution in [0, 0.1) is 5.41 Å². The summed E-state index contributed by atoms with van der Waals surface area (Å²) in [7, 11) is 2.10. The Morgan fingerprint density at radius 3 is 2.51 bits per heavy atom. The molecule has 1 amide bonds. The second-order valence-corrected chi connectivity index (χ2v) is 10.7. The maximum Gasteiger partial charge on any atom is 0.293 e. The van der Waals surface area contributed by atoms with Gasteiger partial charge >= 0.3 is 0 Å². The Hall–Kier alpha value is -3.06. The van der Waals surface area contributed by atoms with Crippen molar-refractivity contribution in [1.29, 1.82) is 0 Å². The summed E-state index contributed by atoms with van der Waals surface area (Å²) in [6.07, 6.45) is 6.66. The van der Waals surface area contributed by atoms with E-state index in [4.69, 9.17) is 4.74 Å². The van der Waals surface area contributed by atoms with Crippen LogP contribution in [-0.4, -0.2) is 44.7 Å². The van der Waals surface area contributed by atoms with E-state index in [-0.39, 0.29) is 17.1 Å². The summed E-state index contributed by atoms with van der Waals surface area (Å²) < 4.78 is 5.09. The summed E-state index contributed by atoms with van der Waals surface area (Å²) in [6.45, 7) is 11.2. The molecule has 0 heterocycles. The zero-order chi connectivity index (χ0) is 27.3. The molecule has 0 fully saturated rings. The van der Waals surface area contributed by atoms with Crippen molar-refractivity contribution in [1.82, 2.24) is 10.9 Å². The van der Waals surface area contributed by atoms with Gasteiger partial charge in [-0.2, -0.15) is 0 Å². The number of carbonyl (C=O) groups excluding carboxylic acids is 2. The minimum absolute atomic E-state index is 0.141. The quantitative estimate of drug-likeness (QED) is 0.138. The Bertz CT molecular complexity index is 993. The Kier molecular flexibility index (Phi) is 12.4. The average Bonchev–Trinajstić information content (AvgIpc) is 2.87. The van der Waals surface area contributed by atoms with E-state index in [1.54, 1.807) is 0 Å². The highest BCUT2D eigenvalue weighted by Crippen LogP contribution is 2.39. The summed E-state index contributed by atoms with van der Waals surface area (Å²) in [5, 5.41) is 10.5. The molecule has 0 aliphatic carbocycles. The van der Waals surface area contributed by atoms with E-state index in [1.165, 1.54) is 11.3 Å². The Morgan fingerprint density at radius 1 is 1.05 bits per heavy atom. The largest absolute Gasteiger partial charge is 0.508 e. The number of nitrogens with one attached hydrogen (secondary N) is 2. The third-order valence-electron chi connectivity index (χ3n) is 6.83. The van der Waals surface area contributed by atoms with Gasteiger partial charge in [0.25, 0.3) is 6.47 Å². The number of phenolic OH excluding ortho intramolecular Hbond substituents is 1. The highest BCUT2D eigenvalue weighted by atomic mass is 16.5. The number of anilines is 1. The highest BCUT2D eigenvalue weighted by molar-refractivity contribution is 5.71. The molecule has 0 bridgehead atoms. The van der Waals surface area contributed by atoms with Crippen LogP contribution in [0.5, 0.6) is 5.75 Å². The summed E-state index contributed by atoms with van der Waals surface area (Å²) in [5.41, 5.74) is 10.9. The number of carbonyl (C=O) groups is 2. The Morgan fingerprint density at radius 2 is 1.81 bits per heavy atom. The van der Waals surface area contributed by atoms with E-state index >= 15 is 0 Å². The summed E-state index contributed by atoms with van der Waals surface area (Å²) in [4.78, 5) is 23.2.